The first kappa shape index (κ1) is 17.1. The molecule has 0 bridgehead atoms. The SMILES string of the molecule is Brc1cc(Br)c(OCc2ccccc2)cc1OCc1ccccc1. The van der Waals surface area contributed by atoms with E-state index in [1.165, 1.54) is 0 Å². The molecule has 2 nitrogen and oxygen atoms in total. The van der Waals surface area contributed by atoms with Gasteiger partial charge < -0.3 is 9.47 Å². The second-order valence-electron chi connectivity index (χ2n) is 5.26. The molecule has 0 saturated heterocycles. The molecule has 0 saturated carbocycles. The van der Waals surface area contributed by atoms with Gasteiger partial charge in [-0.1, -0.05) is 60.7 Å². The Bertz CT molecular complexity index is 725. The molecule has 0 radical (unpaired) electrons. The molecule has 0 aromatic heterocycles. The Morgan fingerprint density at radius 3 is 1.42 bits per heavy atom. The maximum Gasteiger partial charge on any atom is 0.137 e. The van der Waals surface area contributed by atoms with Crippen LogP contribution in [0.4, 0.5) is 0 Å². The summed E-state index contributed by atoms with van der Waals surface area (Å²) in [6.07, 6.45) is 0. The molecule has 0 N–H and O–H groups in total. The van der Waals surface area contributed by atoms with E-state index in [9.17, 15) is 0 Å². The van der Waals surface area contributed by atoms with Crippen LogP contribution >= 0.6 is 31.9 Å². The van der Waals surface area contributed by atoms with Gasteiger partial charge in [-0.2, -0.15) is 0 Å². The van der Waals surface area contributed by atoms with Crippen molar-refractivity contribution < 1.29 is 9.47 Å². The lowest BCUT2D eigenvalue weighted by atomic mass is 10.2. The predicted molar refractivity (Wildman–Crippen MR) is 103 cm³/mol. The molecule has 0 fully saturated rings. The minimum Gasteiger partial charge on any atom is -0.488 e. The van der Waals surface area contributed by atoms with Crippen LogP contribution in [-0.2, 0) is 13.2 Å². The summed E-state index contributed by atoms with van der Waals surface area (Å²) in [5.74, 6) is 1.51. The lowest BCUT2D eigenvalue weighted by Crippen LogP contribution is -1.99. The molecular weight excluding hydrogens is 432 g/mol. The van der Waals surface area contributed by atoms with Crippen molar-refractivity contribution in [2.24, 2.45) is 0 Å². The van der Waals surface area contributed by atoms with Gasteiger partial charge in [-0.3, -0.25) is 0 Å². The molecule has 24 heavy (non-hydrogen) atoms. The van der Waals surface area contributed by atoms with E-state index in [0.717, 1.165) is 31.6 Å². The van der Waals surface area contributed by atoms with Gasteiger partial charge in [-0.15, -0.1) is 0 Å². The number of halogens is 2. The van der Waals surface area contributed by atoms with Crippen molar-refractivity contribution in [2.45, 2.75) is 13.2 Å². The molecule has 122 valence electrons. The molecule has 0 unspecified atom stereocenters. The lowest BCUT2D eigenvalue weighted by molar-refractivity contribution is 0.287. The van der Waals surface area contributed by atoms with Gasteiger partial charge in [0, 0.05) is 6.07 Å². The highest BCUT2D eigenvalue weighted by atomic mass is 79.9. The quantitative estimate of drug-likeness (QED) is 0.437. The van der Waals surface area contributed by atoms with E-state index in [2.05, 4.69) is 31.9 Å². The number of rotatable bonds is 6. The van der Waals surface area contributed by atoms with Gasteiger partial charge in [0.2, 0.25) is 0 Å². The molecule has 3 aromatic carbocycles. The van der Waals surface area contributed by atoms with Gasteiger partial charge in [0.05, 0.1) is 8.95 Å². The van der Waals surface area contributed by atoms with E-state index < -0.39 is 0 Å². The van der Waals surface area contributed by atoms with Crippen molar-refractivity contribution in [3.05, 3.63) is 92.9 Å². The highest BCUT2D eigenvalue weighted by Crippen LogP contribution is 2.37. The van der Waals surface area contributed by atoms with Gasteiger partial charge in [0.1, 0.15) is 24.7 Å². The Hall–Kier alpha value is -1.78. The zero-order valence-electron chi connectivity index (χ0n) is 12.9. The third-order valence-corrected chi connectivity index (χ3v) is 4.70. The van der Waals surface area contributed by atoms with E-state index >= 15 is 0 Å². The van der Waals surface area contributed by atoms with Gasteiger partial charge in [0.15, 0.2) is 0 Å². The van der Waals surface area contributed by atoms with Crippen LogP contribution in [0.25, 0.3) is 0 Å². The van der Waals surface area contributed by atoms with Crippen molar-refractivity contribution in [3.8, 4) is 11.5 Å². The van der Waals surface area contributed by atoms with Crippen molar-refractivity contribution in [1.29, 1.82) is 0 Å². The minimum atomic E-state index is 0.513. The van der Waals surface area contributed by atoms with Crippen molar-refractivity contribution in [3.63, 3.8) is 0 Å². The zero-order chi connectivity index (χ0) is 16.8. The summed E-state index contributed by atoms with van der Waals surface area (Å²) in [7, 11) is 0. The highest BCUT2D eigenvalue weighted by molar-refractivity contribution is 9.11. The van der Waals surface area contributed by atoms with E-state index in [0.29, 0.717) is 13.2 Å². The molecule has 0 atom stereocenters. The van der Waals surface area contributed by atoms with Crippen molar-refractivity contribution in [1.82, 2.24) is 0 Å². The Balaban J connectivity index is 1.71. The Labute approximate surface area is 158 Å². The van der Waals surface area contributed by atoms with E-state index in [1.807, 2.05) is 72.8 Å². The zero-order valence-corrected chi connectivity index (χ0v) is 16.1. The van der Waals surface area contributed by atoms with Gasteiger partial charge in [-0.05, 0) is 49.1 Å². The topological polar surface area (TPSA) is 18.5 Å². The number of hydrogen-bond acceptors (Lipinski definition) is 2. The number of hydrogen-bond donors (Lipinski definition) is 0. The monoisotopic (exact) mass is 446 g/mol. The first-order valence-electron chi connectivity index (χ1n) is 7.55. The summed E-state index contributed by atoms with van der Waals surface area (Å²) < 4.78 is 13.6. The summed E-state index contributed by atoms with van der Waals surface area (Å²) in [5, 5.41) is 0. The second-order valence-corrected chi connectivity index (χ2v) is 6.97. The third-order valence-electron chi connectivity index (χ3n) is 3.46. The summed E-state index contributed by atoms with van der Waals surface area (Å²) in [5.41, 5.74) is 2.25. The molecule has 3 rings (SSSR count). The van der Waals surface area contributed by atoms with Gasteiger partial charge in [0.25, 0.3) is 0 Å². The van der Waals surface area contributed by atoms with Crippen LogP contribution in [-0.4, -0.2) is 0 Å². The highest BCUT2D eigenvalue weighted by Gasteiger charge is 2.10. The van der Waals surface area contributed by atoms with E-state index in [1.54, 1.807) is 0 Å². The molecule has 0 heterocycles. The standard InChI is InChI=1S/C20H16Br2O2/c21-17-11-18(22)20(24-14-16-9-5-2-6-10-16)12-19(17)23-13-15-7-3-1-4-8-15/h1-12H,13-14H2. The van der Waals surface area contributed by atoms with Crippen LogP contribution in [0.15, 0.2) is 81.7 Å². The van der Waals surface area contributed by atoms with Crippen molar-refractivity contribution >= 4 is 31.9 Å². The van der Waals surface area contributed by atoms with Gasteiger partial charge >= 0.3 is 0 Å². The number of ether oxygens (including phenoxy) is 2. The molecule has 0 amide bonds. The Kier molecular flexibility index (Phi) is 5.94. The molecular formula is C20H16Br2O2. The van der Waals surface area contributed by atoms with Crippen LogP contribution in [0.3, 0.4) is 0 Å². The second kappa shape index (κ2) is 8.36. The largest absolute Gasteiger partial charge is 0.488 e. The summed E-state index contributed by atoms with van der Waals surface area (Å²) >= 11 is 7.08. The smallest absolute Gasteiger partial charge is 0.137 e. The molecule has 0 aliphatic rings. The van der Waals surface area contributed by atoms with Gasteiger partial charge in [-0.25, -0.2) is 0 Å². The Morgan fingerprint density at radius 2 is 1.00 bits per heavy atom. The predicted octanol–water partition coefficient (Wildman–Crippen LogP) is 6.37. The first-order valence-corrected chi connectivity index (χ1v) is 9.13. The molecule has 0 aliphatic carbocycles. The van der Waals surface area contributed by atoms with Crippen LogP contribution in [0.5, 0.6) is 11.5 Å². The molecule has 4 heteroatoms. The summed E-state index contributed by atoms with van der Waals surface area (Å²) in [6, 6.07) is 24.0. The molecule has 0 aliphatic heterocycles. The van der Waals surface area contributed by atoms with E-state index in [-0.39, 0.29) is 0 Å². The molecule has 3 aromatic rings. The van der Waals surface area contributed by atoms with E-state index in [4.69, 9.17) is 9.47 Å². The normalized spacial score (nSPS) is 10.4. The van der Waals surface area contributed by atoms with Crippen molar-refractivity contribution in [2.75, 3.05) is 0 Å². The first-order chi connectivity index (χ1) is 11.7. The van der Waals surface area contributed by atoms with Crippen LogP contribution < -0.4 is 9.47 Å². The fourth-order valence-corrected chi connectivity index (χ4v) is 3.43. The summed E-state index contributed by atoms with van der Waals surface area (Å²) in [6.45, 7) is 1.03. The minimum absolute atomic E-state index is 0.513. The summed E-state index contributed by atoms with van der Waals surface area (Å²) in [4.78, 5) is 0. The Morgan fingerprint density at radius 1 is 0.583 bits per heavy atom. The van der Waals surface area contributed by atoms with Crippen LogP contribution in [0.1, 0.15) is 11.1 Å². The average Bonchev–Trinajstić information content (AvgIpc) is 2.62. The third kappa shape index (κ3) is 4.62. The number of benzene rings is 3. The molecule has 0 spiro atoms. The van der Waals surface area contributed by atoms with Crippen LogP contribution in [0, 0.1) is 0 Å². The van der Waals surface area contributed by atoms with Crippen LogP contribution in [0.2, 0.25) is 0 Å². The maximum atomic E-state index is 5.92. The average molecular weight is 448 g/mol. The fraction of sp³-hybridized carbons (Fsp3) is 0.100. The lowest BCUT2D eigenvalue weighted by Gasteiger charge is -2.13. The fourth-order valence-electron chi connectivity index (χ4n) is 2.20. The maximum absolute atomic E-state index is 5.92.